The number of hydrogen-bond acceptors (Lipinski definition) is 5. The number of hydrogen-bond donors (Lipinski definition) is 0. The molecule has 92 valence electrons. The Labute approximate surface area is 101 Å². The largest absolute Gasteiger partial charge is 0.424 e. The number of rotatable bonds is 2. The van der Waals surface area contributed by atoms with Gasteiger partial charge >= 0.3 is 0 Å². The number of aryl methyl sites for hydroxylation is 1. The van der Waals surface area contributed by atoms with Gasteiger partial charge in [0.2, 0.25) is 11.6 Å². The first-order valence-corrected chi connectivity index (χ1v) is 5.94. The van der Waals surface area contributed by atoms with Crippen molar-refractivity contribution in [3.63, 3.8) is 0 Å². The third kappa shape index (κ3) is 2.42. The Morgan fingerprint density at radius 2 is 2.06 bits per heavy atom. The summed E-state index contributed by atoms with van der Waals surface area (Å²) >= 11 is 0. The van der Waals surface area contributed by atoms with Crippen LogP contribution in [0.3, 0.4) is 0 Å². The van der Waals surface area contributed by atoms with Crippen LogP contribution in [0.25, 0.3) is 0 Å². The quantitative estimate of drug-likeness (QED) is 0.781. The van der Waals surface area contributed by atoms with E-state index in [9.17, 15) is 0 Å². The first-order chi connectivity index (χ1) is 8.13. The monoisotopic (exact) mass is 235 g/mol. The summed E-state index contributed by atoms with van der Waals surface area (Å²) in [5, 5.41) is 9.06. The normalized spacial score (nSPS) is 24.7. The van der Waals surface area contributed by atoms with Crippen LogP contribution >= 0.6 is 0 Å². The molecule has 5 nitrogen and oxygen atoms in total. The summed E-state index contributed by atoms with van der Waals surface area (Å²) in [4.78, 5) is 6.21. The van der Waals surface area contributed by atoms with E-state index in [1.54, 1.807) is 0 Å². The second-order valence-corrected chi connectivity index (χ2v) is 4.39. The molecule has 1 aromatic rings. The first-order valence-electron chi connectivity index (χ1n) is 5.94. The van der Waals surface area contributed by atoms with Crippen molar-refractivity contribution in [3.8, 4) is 6.07 Å². The molecular formula is C12H17N3O2. The van der Waals surface area contributed by atoms with Crippen LogP contribution < -0.4 is 4.90 Å². The Bertz CT molecular complexity index is 425. The van der Waals surface area contributed by atoms with Crippen LogP contribution in [-0.4, -0.2) is 30.3 Å². The highest BCUT2D eigenvalue weighted by atomic mass is 16.5. The van der Waals surface area contributed by atoms with Gasteiger partial charge < -0.3 is 14.1 Å². The maximum absolute atomic E-state index is 9.06. The molecule has 0 radical (unpaired) electrons. The van der Waals surface area contributed by atoms with Crippen molar-refractivity contribution in [2.24, 2.45) is 0 Å². The van der Waals surface area contributed by atoms with Crippen LogP contribution in [0.2, 0.25) is 0 Å². The van der Waals surface area contributed by atoms with Gasteiger partial charge in [0.15, 0.2) is 5.89 Å². The summed E-state index contributed by atoms with van der Waals surface area (Å²) < 4.78 is 11.3. The lowest BCUT2D eigenvalue weighted by molar-refractivity contribution is -0.00646. The molecule has 17 heavy (non-hydrogen) atoms. The molecule has 1 saturated heterocycles. The standard InChI is InChI=1S/C12H17N3O2/c1-4-11-14-10(5-13)12(17-11)15-6-8(2)16-9(3)7-15/h8-9H,4,6-7H2,1-3H3/t8-,9+. The van der Waals surface area contributed by atoms with E-state index in [0.29, 0.717) is 23.9 Å². The zero-order valence-corrected chi connectivity index (χ0v) is 10.4. The molecule has 1 aliphatic heterocycles. The molecule has 0 aliphatic carbocycles. The smallest absolute Gasteiger partial charge is 0.234 e. The molecular weight excluding hydrogens is 218 g/mol. The Hall–Kier alpha value is -1.54. The van der Waals surface area contributed by atoms with Gasteiger partial charge in [-0.05, 0) is 13.8 Å². The van der Waals surface area contributed by atoms with Gasteiger partial charge in [0.25, 0.3) is 0 Å². The average molecular weight is 235 g/mol. The van der Waals surface area contributed by atoms with E-state index >= 15 is 0 Å². The van der Waals surface area contributed by atoms with Crippen LogP contribution in [0.1, 0.15) is 32.4 Å². The van der Waals surface area contributed by atoms with E-state index in [0.717, 1.165) is 13.1 Å². The molecule has 1 aromatic heterocycles. The van der Waals surface area contributed by atoms with Crippen LogP contribution in [-0.2, 0) is 11.2 Å². The number of anilines is 1. The molecule has 2 atom stereocenters. The number of nitrogens with zero attached hydrogens (tertiary/aromatic N) is 3. The predicted octanol–water partition coefficient (Wildman–Crippen LogP) is 1.72. The molecule has 0 unspecified atom stereocenters. The third-order valence-electron chi connectivity index (χ3n) is 2.77. The van der Waals surface area contributed by atoms with Crippen LogP contribution in [0.15, 0.2) is 4.42 Å². The van der Waals surface area contributed by atoms with Crippen molar-refractivity contribution < 1.29 is 9.15 Å². The minimum atomic E-state index is 0.139. The van der Waals surface area contributed by atoms with Gasteiger partial charge in [0.05, 0.1) is 12.2 Å². The van der Waals surface area contributed by atoms with E-state index in [1.165, 1.54) is 0 Å². The highest BCUT2D eigenvalue weighted by Gasteiger charge is 2.27. The van der Waals surface area contributed by atoms with Crippen molar-refractivity contribution >= 4 is 5.88 Å². The van der Waals surface area contributed by atoms with Gasteiger partial charge in [-0.2, -0.15) is 5.26 Å². The lowest BCUT2D eigenvalue weighted by Gasteiger charge is -2.34. The van der Waals surface area contributed by atoms with E-state index in [1.807, 2.05) is 25.7 Å². The minimum absolute atomic E-state index is 0.139. The number of oxazole rings is 1. The Kier molecular flexibility index (Phi) is 3.34. The van der Waals surface area contributed by atoms with Crippen LogP contribution in [0.4, 0.5) is 5.88 Å². The maximum Gasteiger partial charge on any atom is 0.234 e. The summed E-state index contributed by atoms with van der Waals surface area (Å²) in [5.74, 6) is 1.20. The van der Waals surface area contributed by atoms with E-state index in [4.69, 9.17) is 14.4 Å². The molecule has 0 spiro atoms. The molecule has 0 bridgehead atoms. The lowest BCUT2D eigenvalue weighted by atomic mass is 10.2. The van der Waals surface area contributed by atoms with Gasteiger partial charge in [-0.15, -0.1) is 0 Å². The highest BCUT2D eigenvalue weighted by molar-refractivity contribution is 5.48. The Morgan fingerprint density at radius 1 is 1.41 bits per heavy atom. The highest BCUT2D eigenvalue weighted by Crippen LogP contribution is 2.25. The predicted molar refractivity (Wildman–Crippen MR) is 62.8 cm³/mol. The lowest BCUT2D eigenvalue weighted by Crippen LogP contribution is -2.45. The second kappa shape index (κ2) is 4.76. The fourth-order valence-corrected chi connectivity index (χ4v) is 2.14. The van der Waals surface area contributed by atoms with Crippen molar-refractivity contribution in [1.29, 1.82) is 5.26 Å². The van der Waals surface area contributed by atoms with Crippen LogP contribution in [0.5, 0.6) is 0 Å². The third-order valence-corrected chi connectivity index (χ3v) is 2.77. The summed E-state index contributed by atoms with van der Waals surface area (Å²) in [7, 11) is 0. The molecule has 2 rings (SSSR count). The molecule has 5 heteroatoms. The van der Waals surface area contributed by atoms with Gasteiger partial charge in [0, 0.05) is 19.5 Å². The maximum atomic E-state index is 9.06. The van der Waals surface area contributed by atoms with E-state index in [-0.39, 0.29) is 12.2 Å². The molecule has 0 aromatic carbocycles. The first kappa shape index (κ1) is 11.9. The average Bonchev–Trinajstić information content (AvgIpc) is 2.70. The molecule has 1 fully saturated rings. The molecule has 0 saturated carbocycles. The number of morpholine rings is 1. The molecule has 2 heterocycles. The zero-order chi connectivity index (χ0) is 12.4. The Morgan fingerprint density at radius 3 is 2.59 bits per heavy atom. The molecule has 0 N–H and O–H groups in total. The van der Waals surface area contributed by atoms with Gasteiger partial charge in [-0.1, -0.05) is 6.92 Å². The summed E-state index contributed by atoms with van der Waals surface area (Å²) in [6.45, 7) is 7.47. The van der Waals surface area contributed by atoms with E-state index < -0.39 is 0 Å². The zero-order valence-electron chi connectivity index (χ0n) is 10.4. The minimum Gasteiger partial charge on any atom is -0.424 e. The summed E-state index contributed by atoms with van der Waals surface area (Å²) in [6, 6.07) is 2.09. The number of ether oxygens (including phenoxy) is 1. The topological polar surface area (TPSA) is 62.3 Å². The molecule has 1 aliphatic rings. The van der Waals surface area contributed by atoms with Crippen molar-refractivity contribution in [1.82, 2.24) is 4.98 Å². The van der Waals surface area contributed by atoms with Crippen LogP contribution in [0, 0.1) is 11.3 Å². The fraction of sp³-hybridized carbons (Fsp3) is 0.667. The fourth-order valence-electron chi connectivity index (χ4n) is 2.14. The van der Waals surface area contributed by atoms with Gasteiger partial charge in [-0.3, -0.25) is 0 Å². The second-order valence-electron chi connectivity index (χ2n) is 4.39. The van der Waals surface area contributed by atoms with Crippen molar-refractivity contribution in [2.75, 3.05) is 18.0 Å². The Balaban J connectivity index is 2.26. The summed E-state index contributed by atoms with van der Waals surface area (Å²) in [5.41, 5.74) is 0.378. The summed E-state index contributed by atoms with van der Waals surface area (Å²) in [6.07, 6.45) is 0.977. The SMILES string of the molecule is CCc1nc(C#N)c(N2C[C@@H](C)O[C@@H](C)C2)o1. The van der Waals surface area contributed by atoms with Gasteiger partial charge in [0.1, 0.15) is 6.07 Å². The number of aromatic nitrogens is 1. The van der Waals surface area contributed by atoms with Crippen molar-refractivity contribution in [3.05, 3.63) is 11.6 Å². The van der Waals surface area contributed by atoms with E-state index in [2.05, 4.69) is 11.1 Å². The molecule has 0 amide bonds. The number of nitriles is 1. The van der Waals surface area contributed by atoms with Gasteiger partial charge in [-0.25, -0.2) is 4.98 Å². The van der Waals surface area contributed by atoms with Crippen molar-refractivity contribution in [2.45, 2.75) is 39.4 Å².